The van der Waals surface area contributed by atoms with Crippen molar-refractivity contribution < 1.29 is 19.4 Å². The molecular formula is C10H18O4. The highest BCUT2D eigenvalue weighted by Crippen LogP contribution is 2.16. The molecular weight excluding hydrogens is 184 g/mol. The SMILES string of the molecule is C=CC(C)C(O)OC(C)(C)COC=O. The van der Waals surface area contributed by atoms with Gasteiger partial charge in [-0.1, -0.05) is 13.0 Å². The third-order valence-corrected chi connectivity index (χ3v) is 1.76. The summed E-state index contributed by atoms with van der Waals surface area (Å²) in [5.74, 6) is -0.162. The van der Waals surface area contributed by atoms with Gasteiger partial charge in [-0.2, -0.15) is 0 Å². The van der Waals surface area contributed by atoms with Crippen LogP contribution in [0.15, 0.2) is 12.7 Å². The Hall–Kier alpha value is -0.870. The van der Waals surface area contributed by atoms with E-state index in [-0.39, 0.29) is 12.5 Å². The Balaban J connectivity index is 4.05. The summed E-state index contributed by atoms with van der Waals surface area (Å²) in [5.41, 5.74) is -0.697. The molecule has 0 aliphatic carbocycles. The van der Waals surface area contributed by atoms with Gasteiger partial charge in [-0.15, -0.1) is 6.58 Å². The van der Waals surface area contributed by atoms with E-state index in [4.69, 9.17) is 4.74 Å². The van der Waals surface area contributed by atoms with Crippen LogP contribution in [0, 0.1) is 5.92 Å². The zero-order valence-electron chi connectivity index (χ0n) is 8.90. The van der Waals surface area contributed by atoms with Crippen molar-refractivity contribution in [1.82, 2.24) is 0 Å². The van der Waals surface area contributed by atoms with Crippen LogP contribution in [0.5, 0.6) is 0 Å². The van der Waals surface area contributed by atoms with E-state index in [1.807, 2.05) is 0 Å². The van der Waals surface area contributed by atoms with Gasteiger partial charge >= 0.3 is 0 Å². The number of carbonyl (C=O) groups is 1. The summed E-state index contributed by atoms with van der Waals surface area (Å²) < 4.78 is 9.86. The van der Waals surface area contributed by atoms with Crippen molar-refractivity contribution in [2.45, 2.75) is 32.7 Å². The first-order chi connectivity index (χ1) is 6.43. The van der Waals surface area contributed by atoms with Gasteiger partial charge in [0.1, 0.15) is 6.61 Å². The summed E-state index contributed by atoms with van der Waals surface area (Å²) >= 11 is 0. The minimum Gasteiger partial charge on any atom is -0.465 e. The van der Waals surface area contributed by atoms with E-state index in [1.165, 1.54) is 0 Å². The van der Waals surface area contributed by atoms with Gasteiger partial charge in [-0.05, 0) is 13.8 Å². The van der Waals surface area contributed by atoms with Crippen molar-refractivity contribution in [3.05, 3.63) is 12.7 Å². The fourth-order valence-corrected chi connectivity index (χ4v) is 0.819. The Morgan fingerprint density at radius 2 is 2.14 bits per heavy atom. The van der Waals surface area contributed by atoms with Crippen molar-refractivity contribution in [3.8, 4) is 0 Å². The van der Waals surface area contributed by atoms with Crippen LogP contribution < -0.4 is 0 Å². The molecule has 0 aliphatic rings. The summed E-state index contributed by atoms with van der Waals surface area (Å²) in [7, 11) is 0. The maximum Gasteiger partial charge on any atom is 0.293 e. The Morgan fingerprint density at radius 3 is 2.57 bits per heavy atom. The quantitative estimate of drug-likeness (QED) is 0.381. The fourth-order valence-electron chi connectivity index (χ4n) is 0.819. The molecule has 4 nitrogen and oxygen atoms in total. The smallest absolute Gasteiger partial charge is 0.293 e. The van der Waals surface area contributed by atoms with E-state index in [1.54, 1.807) is 26.8 Å². The standard InChI is InChI=1S/C10H18O4/c1-5-8(2)9(12)14-10(3,4)6-13-7-11/h5,7-9,12H,1,6H2,2-4H3. The molecule has 0 rings (SSSR count). The number of hydrogen-bond acceptors (Lipinski definition) is 4. The van der Waals surface area contributed by atoms with Crippen molar-refractivity contribution >= 4 is 6.47 Å². The largest absolute Gasteiger partial charge is 0.465 e. The minimum absolute atomic E-state index is 0.109. The highest BCUT2D eigenvalue weighted by Gasteiger charge is 2.25. The summed E-state index contributed by atoms with van der Waals surface area (Å²) in [6.45, 7) is 9.26. The second-order valence-electron chi connectivity index (χ2n) is 3.77. The lowest BCUT2D eigenvalue weighted by Gasteiger charge is -2.29. The van der Waals surface area contributed by atoms with Crippen molar-refractivity contribution in [2.24, 2.45) is 5.92 Å². The molecule has 14 heavy (non-hydrogen) atoms. The van der Waals surface area contributed by atoms with Crippen LogP contribution in [0.2, 0.25) is 0 Å². The Morgan fingerprint density at radius 1 is 1.57 bits per heavy atom. The predicted octanol–water partition coefficient (Wildman–Crippen LogP) is 1.10. The molecule has 0 aliphatic heterocycles. The molecule has 0 bridgehead atoms. The third-order valence-electron chi connectivity index (χ3n) is 1.76. The van der Waals surface area contributed by atoms with Crippen LogP contribution in [-0.2, 0) is 14.3 Å². The molecule has 0 spiro atoms. The molecule has 0 amide bonds. The Labute approximate surface area is 84.5 Å². The van der Waals surface area contributed by atoms with Crippen LogP contribution in [-0.4, -0.2) is 30.1 Å². The molecule has 0 saturated carbocycles. The molecule has 82 valence electrons. The Bertz CT molecular complexity index is 189. The van der Waals surface area contributed by atoms with E-state index in [9.17, 15) is 9.90 Å². The molecule has 0 saturated heterocycles. The van der Waals surface area contributed by atoms with Gasteiger partial charge in [0.15, 0.2) is 6.29 Å². The first-order valence-electron chi connectivity index (χ1n) is 4.46. The highest BCUT2D eigenvalue weighted by molar-refractivity contribution is 5.37. The van der Waals surface area contributed by atoms with E-state index in [0.29, 0.717) is 6.47 Å². The topological polar surface area (TPSA) is 55.8 Å². The minimum atomic E-state index is -0.933. The fraction of sp³-hybridized carbons (Fsp3) is 0.700. The van der Waals surface area contributed by atoms with E-state index in [0.717, 1.165) is 0 Å². The average Bonchev–Trinajstić information content (AvgIpc) is 2.12. The number of ether oxygens (including phenoxy) is 2. The molecule has 0 aromatic rings. The van der Waals surface area contributed by atoms with E-state index in [2.05, 4.69) is 11.3 Å². The van der Waals surface area contributed by atoms with Crippen LogP contribution in [0.4, 0.5) is 0 Å². The van der Waals surface area contributed by atoms with E-state index < -0.39 is 11.9 Å². The highest BCUT2D eigenvalue weighted by atomic mass is 16.6. The molecule has 4 heteroatoms. The van der Waals surface area contributed by atoms with Crippen LogP contribution in [0.3, 0.4) is 0 Å². The van der Waals surface area contributed by atoms with Crippen molar-refractivity contribution in [1.29, 1.82) is 0 Å². The number of carbonyl (C=O) groups excluding carboxylic acids is 1. The molecule has 0 heterocycles. The lowest BCUT2D eigenvalue weighted by atomic mass is 10.1. The first kappa shape index (κ1) is 13.1. The second kappa shape index (κ2) is 5.78. The second-order valence-corrected chi connectivity index (χ2v) is 3.77. The van der Waals surface area contributed by atoms with Crippen LogP contribution >= 0.6 is 0 Å². The van der Waals surface area contributed by atoms with Crippen LogP contribution in [0.25, 0.3) is 0 Å². The molecule has 0 aromatic heterocycles. The van der Waals surface area contributed by atoms with Crippen molar-refractivity contribution in [2.75, 3.05) is 6.61 Å². The van der Waals surface area contributed by atoms with Gasteiger partial charge in [0.05, 0.1) is 5.60 Å². The van der Waals surface area contributed by atoms with Gasteiger partial charge in [0.25, 0.3) is 6.47 Å². The molecule has 0 aromatic carbocycles. The van der Waals surface area contributed by atoms with Gasteiger partial charge < -0.3 is 14.6 Å². The zero-order chi connectivity index (χ0) is 11.2. The third kappa shape index (κ3) is 4.99. The van der Waals surface area contributed by atoms with Gasteiger partial charge in [0.2, 0.25) is 0 Å². The van der Waals surface area contributed by atoms with Gasteiger partial charge in [0, 0.05) is 5.92 Å². The predicted molar refractivity (Wildman–Crippen MR) is 52.5 cm³/mol. The monoisotopic (exact) mass is 202 g/mol. The number of aliphatic hydroxyl groups excluding tert-OH is 1. The molecule has 2 atom stereocenters. The van der Waals surface area contributed by atoms with E-state index >= 15 is 0 Å². The average molecular weight is 202 g/mol. The van der Waals surface area contributed by atoms with Gasteiger partial charge in [-0.25, -0.2) is 0 Å². The zero-order valence-corrected chi connectivity index (χ0v) is 8.90. The normalized spacial score (nSPS) is 15.7. The molecule has 1 N–H and O–H groups in total. The van der Waals surface area contributed by atoms with Crippen molar-refractivity contribution in [3.63, 3.8) is 0 Å². The lowest BCUT2D eigenvalue weighted by molar-refractivity contribution is -0.202. The molecule has 0 radical (unpaired) electrons. The lowest BCUT2D eigenvalue weighted by Crippen LogP contribution is -2.37. The number of rotatable bonds is 7. The number of aliphatic hydroxyl groups is 1. The molecule has 2 unspecified atom stereocenters. The van der Waals surface area contributed by atoms with Crippen LogP contribution in [0.1, 0.15) is 20.8 Å². The summed E-state index contributed by atoms with van der Waals surface area (Å²) in [5, 5.41) is 9.52. The Kier molecular flexibility index (Phi) is 5.42. The first-order valence-corrected chi connectivity index (χ1v) is 4.46. The number of hydrogen-bond donors (Lipinski definition) is 1. The maximum atomic E-state index is 9.97. The maximum absolute atomic E-state index is 9.97. The van der Waals surface area contributed by atoms with Gasteiger partial charge in [-0.3, -0.25) is 4.79 Å². The summed E-state index contributed by atoms with van der Waals surface area (Å²) in [6, 6.07) is 0. The molecule has 0 fully saturated rings. The summed E-state index contributed by atoms with van der Waals surface area (Å²) in [4.78, 5) is 9.97. The summed E-state index contributed by atoms with van der Waals surface area (Å²) in [6.07, 6.45) is 0.666.